The number of rotatable bonds is 7. The molecular formula is C20H25NO2. The maximum Gasteiger partial charge on any atom is 0.246 e. The molecule has 122 valence electrons. The summed E-state index contributed by atoms with van der Waals surface area (Å²) in [7, 11) is 0. The molecule has 0 aromatic heterocycles. The van der Waals surface area contributed by atoms with Crippen LogP contribution in [0.3, 0.4) is 0 Å². The van der Waals surface area contributed by atoms with Gasteiger partial charge in [0.05, 0.1) is 6.61 Å². The van der Waals surface area contributed by atoms with Crippen molar-refractivity contribution >= 4 is 5.91 Å². The highest BCUT2D eigenvalue weighted by atomic mass is 16.5. The zero-order chi connectivity index (χ0) is 16.7. The van der Waals surface area contributed by atoms with Crippen molar-refractivity contribution in [1.82, 2.24) is 5.32 Å². The first-order valence-corrected chi connectivity index (χ1v) is 7.93. The lowest BCUT2D eigenvalue weighted by molar-refractivity contribution is -0.126. The summed E-state index contributed by atoms with van der Waals surface area (Å²) in [4.78, 5) is 11.9. The first kappa shape index (κ1) is 17.2. The maximum absolute atomic E-state index is 11.9. The predicted octanol–water partition coefficient (Wildman–Crippen LogP) is 3.61. The third-order valence-electron chi connectivity index (χ3n) is 3.87. The number of amides is 1. The van der Waals surface area contributed by atoms with Crippen molar-refractivity contribution in [3.8, 4) is 0 Å². The van der Waals surface area contributed by atoms with Crippen LogP contribution in [0.4, 0.5) is 0 Å². The van der Waals surface area contributed by atoms with E-state index in [4.69, 9.17) is 4.74 Å². The minimum absolute atomic E-state index is 0.0818. The van der Waals surface area contributed by atoms with E-state index in [1.807, 2.05) is 30.3 Å². The lowest BCUT2D eigenvalue weighted by atomic mass is 9.84. The molecule has 3 nitrogen and oxygen atoms in total. The first-order chi connectivity index (χ1) is 11.0. The molecular weight excluding hydrogens is 286 g/mol. The summed E-state index contributed by atoms with van der Waals surface area (Å²) in [5, 5.41) is 2.96. The molecule has 0 saturated heterocycles. The van der Waals surface area contributed by atoms with Gasteiger partial charge in [0.25, 0.3) is 0 Å². The van der Waals surface area contributed by atoms with Crippen molar-refractivity contribution < 1.29 is 9.53 Å². The second-order valence-electron chi connectivity index (χ2n) is 6.51. The number of aryl methyl sites for hydroxylation is 1. The summed E-state index contributed by atoms with van der Waals surface area (Å²) in [6.07, 6.45) is 0. The quantitative estimate of drug-likeness (QED) is 0.848. The molecule has 1 amide bonds. The molecule has 0 aliphatic heterocycles. The van der Waals surface area contributed by atoms with Crippen molar-refractivity contribution in [1.29, 1.82) is 0 Å². The fourth-order valence-corrected chi connectivity index (χ4v) is 2.37. The van der Waals surface area contributed by atoms with Gasteiger partial charge in [-0.05, 0) is 18.1 Å². The maximum atomic E-state index is 11.9. The average molecular weight is 311 g/mol. The van der Waals surface area contributed by atoms with Crippen molar-refractivity contribution in [2.45, 2.75) is 32.8 Å². The van der Waals surface area contributed by atoms with Gasteiger partial charge in [-0.25, -0.2) is 0 Å². The van der Waals surface area contributed by atoms with E-state index < -0.39 is 0 Å². The van der Waals surface area contributed by atoms with Crippen LogP contribution in [0, 0.1) is 6.92 Å². The lowest BCUT2D eigenvalue weighted by Crippen LogP contribution is -2.38. The number of benzene rings is 2. The molecule has 0 unspecified atom stereocenters. The number of hydrogen-bond donors (Lipinski definition) is 1. The van der Waals surface area contributed by atoms with Gasteiger partial charge in [-0.3, -0.25) is 4.79 Å². The Hall–Kier alpha value is -2.13. The summed E-state index contributed by atoms with van der Waals surface area (Å²) in [6, 6.07) is 18.3. The van der Waals surface area contributed by atoms with Crippen LogP contribution in [-0.4, -0.2) is 19.1 Å². The Labute approximate surface area is 138 Å². The largest absolute Gasteiger partial charge is 0.367 e. The van der Waals surface area contributed by atoms with Gasteiger partial charge in [0.2, 0.25) is 5.91 Å². The van der Waals surface area contributed by atoms with Crippen LogP contribution in [-0.2, 0) is 21.6 Å². The summed E-state index contributed by atoms with van der Waals surface area (Å²) < 4.78 is 5.46. The van der Waals surface area contributed by atoms with Gasteiger partial charge in [0, 0.05) is 12.0 Å². The van der Waals surface area contributed by atoms with Crippen LogP contribution in [0.15, 0.2) is 54.6 Å². The molecule has 3 heteroatoms. The predicted molar refractivity (Wildman–Crippen MR) is 93.3 cm³/mol. The third-order valence-corrected chi connectivity index (χ3v) is 3.87. The Morgan fingerprint density at radius 2 is 1.83 bits per heavy atom. The van der Waals surface area contributed by atoms with Crippen molar-refractivity contribution in [3.05, 3.63) is 71.3 Å². The Morgan fingerprint density at radius 3 is 2.52 bits per heavy atom. The fourth-order valence-electron chi connectivity index (χ4n) is 2.37. The summed E-state index contributed by atoms with van der Waals surface area (Å²) >= 11 is 0. The zero-order valence-electron chi connectivity index (χ0n) is 14.1. The van der Waals surface area contributed by atoms with Crippen LogP contribution in [0.25, 0.3) is 0 Å². The van der Waals surface area contributed by atoms with Gasteiger partial charge in [-0.2, -0.15) is 0 Å². The molecule has 0 saturated carbocycles. The number of hydrogen-bond acceptors (Lipinski definition) is 2. The Kier molecular flexibility index (Phi) is 5.94. The van der Waals surface area contributed by atoms with Gasteiger partial charge in [-0.15, -0.1) is 0 Å². The molecule has 23 heavy (non-hydrogen) atoms. The van der Waals surface area contributed by atoms with Crippen LogP contribution in [0.1, 0.15) is 30.5 Å². The normalized spacial score (nSPS) is 11.3. The molecule has 0 bridgehead atoms. The molecule has 2 rings (SSSR count). The lowest BCUT2D eigenvalue weighted by Gasteiger charge is -2.26. The molecule has 0 heterocycles. The molecule has 1 N–H and O–H groups in total. The van der Waals surface area contributed by atoms with Gasteiger partial charge in [0.15, 0.2) is 0 Å². The van der Waals surface area contributed by atoms with Crippen LogP contribution in [0.5, 0.6) is 0 Å². The van der Waals surface area contributed by atoms with Gasteiger partial charge < -0.3 is 10.1 Å². The van der Waals surface area contributed by atoms with Gasteiger partial charge >= 0.3 is 0 Å². The molecule has 2 aromatic rings. The standard InChI is InChI=1S/C20H25NO2/c1-16-8-7-11-18(12-16)20(2,3)15-21-19(22)14-23-13-17-9-5-4-6-10-17/h4-12H,13-15H2,1-3H3,(H,21,22). The molecule has 0 radical (unpaired) electrons. The van der Waals surface area contributed by atoms with Gasteiger partial charge in [0.1, 0.15) is 6.61 Å². The van der Waals surface area contributed by atoms with Crippen LogP contribution >= 0.6 is 0 Å². The molecule has 0 spiro atoms. The molecule has 0 aliphatic rings. The van der Waals surface area contributed by atoms with E-state index in [1.165, 1.54) is 11.1 Å². The summed E-state index contributed by atoms with van der Waals surface area (Å²) in [6.45, 7) is 7.47. The Morgan fingerprint density at radius 1 is 1.09 bits per heavy atom. The molecule has 0 aliphatic carbocycles. The molecule has 0 atom stereocenters. The summed E-state index contributed by atoms with van der Waals surface area (Å²) in [5.41, 5.74) is 3.41. The van der Waals surface area contributed by atoms with E-state index in [2.05, 4.69) is 50.4 Å². The topological polar surface area (TPSA) is 38.3 Å². The molecule has 2 aromatic carbocycles. The van der Waals surface area contributed by atoms with E-state index in [0.29, 0.717) is 13.2 Å². The number of nitrogens with one attached hydrogen (secondary N) is 1. The van der Waals surface area contributed by atoms with Crippen LogP contribution in [0.2, 0.25) is 0 Å². The van der Waals surface area contributed by atoms with Crippen molar-refractivity contribution in [3.63, 3.8) is 0 Å². The number of carbonyl (C=O) groups excluding carboxylic acids is 1. The van der Waals surface area contributed by atoms with E-state index in [9.17, 15) is 4.79 Å². The minimum atomic E-state index is -0.110. The Bertz CT molecular complexity index is 635. The van der Waals surface area contributed by atoms with E-state index in [0.717, 1.165) is 5.56 Å². The average Bonchev–Trinajstić information content (AvgIpc) is 2.54. The van der Waals surface area contributed by atoms with Crippen LogP contribution < -0.4 is 5.32 Å². The number of ether oxygens (including phenoxy) is 1. The fraction of sp³-hybridized carbons (Fsp3) is 0.350. The van der Waals surface area contributed by atoms with Crippen molar-refractivity contribution in [2.75, 3.05) is 13.2 Å². The number of carbonyl (C=O) groups is 1. The summed E-state index contributed by atoms with van der Waals surface area (Å²) in [5.74, 6) is -0.0818. The SMILES string of the molecule is Cc1cccc(C(C)(C)CNC(=O)COCc2ccccc2)c1. The minimum Gasteiger partial charge on any atom is -0.367 e. The van der Waals surface area contributed by atoms with E-state index in [1.54, 1.807) is 0 Å². The smallest absolute Gasteiger partial charge is 0.246 e. The highest BCUT2D eigenvalue weighted by Crippen LogP contribution is 2.22. The molecule has 0 fully saturated rings. The first-order valence-electron chi connectivity index (χ1n) is 7.93. The second-order valence-corrected chi connectivity index (χ2v) is 6.51. The Balaban J connectivity index is 1.77. The second kappa shape index (κ2) is 7.93. The third kappa shape index (κ3) is 5.53. The van der Waals surface area contributed by atoms with E-state index in [-0.39, 0.29) is 17.9 Å². The highest BCUT2D eigenvalue weighted by molar-refractivity contribution is 5.77. The van der Waals surface area contributed by atoms with E-state index >= 15 is 0 Å². The monoisotopic (exact) mass is 311 g/mol. The van der Waals surface area contributed by atoms with Gasteiger partial charge in [-0.1, -0.05) is 74.0 Å². The highest BCUT2D eigenvalue weighted by Gasteiger charge is 2.21. The zero-order valence-corrected chi connectivity index (χ0v) is 14.1. The van der Waals surface area contributed by atoms with Crippen molar-refractivity contribution in [2.24, 2.45) is 0 Å².